The lowest BCUT2D eigenvalue weighted by molar-refractivity contribution is 0.162. The number of rotatable bonds is 7. The number of nitrogens with two attached hydrogens (primary N) is 1. The van der Waals surface area contributed by atoms with Gasteiger partial charge in [-0.05, 0) is 31.7 Å². The van der Waals surface area contributed by atoms with E-state index in [1.807, 2.05) is 0 Å². The molecule has 0 aromatic rings. The van der Waals surface area contributed by atoms with Gasteiger partial charge in [0.25, 0.3) is 0 Å². The second kappa shape index (κ2) is 6.55. The summed E-state index contributed by atoms with van der Waals surface area (Å²) < 4.78 is 0. The van der Waals surface area contributed by atoms with Gasteiger partial charge < -0.3 is 10.6 Å². The third kappa shape index (κ3) is 4.60. The van der Waals surface area contributed by atoms with E-state index in [2.05, 4.69) is 32.6 Å². The standard InChI is InChI=1S/C15H31N3/c1-12(2)11-18(13-7-5-6-8-13)10-9-15(3,4)14(16)17/h12-13H,5-11H2,1-4H3,(H3,16,17). The Morgan fingerprint density at radius 1 is 1.33 bits per heavy atom. The maximum Gasteiger partial charge on any atom is 0.0963 e. The fourth-order valence-electron chi connectivity index (χ4n) is 2.72. The highest BCUT2D eigenvalue weighted by Gasteiger charge is 2.27. The zero-order valence-electron chi connectivity index (χ0n) is 12.6. The van der Waals surface area contributed by atoms with E-state index >= 15 is 0 Å². The summed E-state index contributed by atoms with van der Waals surface area (Å²) in [5.41, 5.74) is 5.52. The Balaban J connectivity index is 2.53. The van der Waals surface area contributed by atoms with E-state index in [0.29, 0.717) is 11.8 Å². The van der Waals surface area contributed by atoms with Gasteiger partial charge in [0.2, 0.25) is 0 Å². The van der Waals surface area contributed by atoms with Crippen molar-refractivity contribution in [3.05, 3.63) is 0 Å². The molecule has 1 saturated carbocycles. The van der Waals surface area contributed by atoms with Crippen LogP contribution in [0.4, 0.5) is 0 Å². The minimum atomic E-state index is -0.159. The molecule has 1 rings (SSSR count). The minimum Gasteiger partial charge on any atom is -0.387 e. The zero-order chi connectivity index (χ0) is 13.8. The molecule has 3 heteroatoms. The molecule has 0 aliphatic heterocycles. The van der Waals surface area contributed by atoms with Crippen LogP contribution in [-0.4, -0.2) is 29.9 Å². The fourth-order valence-corrected chi connectivity index (χ4v) is 2.72. The average Bonchev–Trinajstić information content (AvgIpc) is 2.76. The van der Waals surface area contributed by atoms with Crippen LogP contribution in [-0.2, 0) is 0 Å². The van der Waals surface area contributed by atoms with Crippen molar-refractivity contribution in [3.8, 4) is 0 Å². The Morgan fingerprint density at radius 2 is 1.89 bits per heavy atom. The van der Waals surface area contributed by atoms with Crippen molar-refractivity contribution < 1.29 is 0 Å². The second-order valence-corrected chi connectivity index (χ2v) is 6.87. The molecule has 106 valence electrons. The van der Waals surface area contributed by atoms with Gasteiger partial charge in [0, 0.05) is 18.0 Å². The van der Waals surface area contributed by atoms with Crippen molar-refractivity contribution in [3.63, 3.8) is 0 Å². The first kappa shape index (κ1) is 15.5. The Hall–Kier alpha value is -0.570. The van der Waals surface area contributed by atoms with E-state index in [-0.39, 0.29) is 5.41 Å². The predicted molar refractivity (Wildman–Crippen MR) is 79.0 cm³/mol. The topological polar surface area (TPSA) is 53.1 Å². The molecule has 3 N–H and O–H groups in total. The van der Waals surface area contributed by atoms with E-state index < -0.39 is 0 Å². The Bertz CT molecular complexity index is 265. The summed E-state index contributed by atoms with van der Waals surface area (Å²) in [4.78, 5) is 2.64. The lowest BCUT2D eigenvalue weighted by Gasteiger charge is -2.33. The van der Waals surface area contributed by atoms with Gasteiger partial charge in [-0.15, -0.1) is 0 Å². The highest BCUT2D eigenvalue weighted by atomic mass is 15.2. The molecule has 1 aliphatic rings. The highest BCUT2D eigenvalue weighted by Crippen LogP contribution is 2.27. The van der Waals surface area contributed by atoms with Gasteiger partial charge >= 0.3 is 0 Å². The summed E-state index contributed by atoms with van der Waals surface area (Å²) in [6.07, 6.45) is 6.47. The van der Waals surface area contributed by atoms with Gasteiger partial charge in [-0.2, -0.15) is 0 Å². The van der Waals surface area contributed by atoms with E-state index in [9.17, 15) is 0 Å². The van der Waals surface area contributed by atoms with E-state index in [1.165, 1.54) is 32.2 Å². The van der Waals surface area contributed by atoms with Crippen molar-refractivity contribution >= 4 is 5.84 Å². The third-order valence-electron chi connectivity index (χ3n) is 4.19. The first-order valence-corrected chi connectivity index (χ1v) is 7.41. The molecule has 0 radical (unpaired) electrons. The van der Waals surface area contributed by atoms with Crippen LogP contribution in [0.5, 0.6) is 0 Å². The predicted octanol–water partition coefficient (Wildman–Crippen LogP) is 3.24. The Labute approximate surface area is 113 Å². The van der Waals surface area contributed by atoms with Crippen LogP contribution in [0.1, 0.15) is 59.8 Å². The molecule has 0 atom stereocenters. The first-order valence-electron chi connectivity index (χ1n) is 7.41. The number of amidine groups is 1. The van der Waals surface area contributed by atoms with Crippen LogP contribution in [0.15, 0.2) is 0 Å². The molecule has 18 heavy (non-hydrogen) atoms. The van der Waals surface area contributed by atoms with E-state index in [4.69, 9.17) is 11.1 Å². The van der Waals surface area contributed by atoms with Gasteiger partial charge in [-0.1, -0.05) is 40.5 Å². The maximum absolute atomic E-state index is 7.65. The highest BCUT2D eigenvalue weighted by molar-refractivity contribution is 5.82. The van der Waals surface area contributed by atoms with Crippen molar-refractivity contribution in [1.82, 2.24) is 4.90 Å². The molecular formula is C15H31N3. The van der Waals surface area contributed by atoms with E-state index in [0.717, 1.165) is 19.0 Å². The van der Waals surface area contributed by atoms with Gasteiger partial charge in [0.05, 0.1) is 5.84 Å². The summed E-state index contributed by atoms with van der Waals surface area (Å²) in [5, 5.41) is 7.65. The molecule has 0 aromatic carbocycles. The minimum absolute atomic E-state index is 0.159. The monoisotopic (exact) mass is 253 g/mol. The van der Waals surface area contributed by atoms with Crippen molar-refractivity contribution in [1.29, 1.82) is 5.41 Å². The van der Waals surface area contributed by atoms with Crippen LogP contribution in [0.3, 0.4) is 0 Å². The quantitative estimate of drug-likeness (QED) is 0.540. The van der Waals surface area contributed by atoms with Gasteiger partial charge in [0.15, 0.2) is 0 Å². The summed E-state index contributed by atoms with van der Waals surface area (Å²) >= 11 is 0. The summed E-state index contributed by atoms with van der Waals surface area (Å²) in [6, 6.07) is 0.773. The second-order valence-electron chi connectivity index (χ2n) is 6.87. The molecule has 0 amide bonds. The molecule has 0 heterocycles. The summed E-state index contributed by atoms with van der Waals surface area (Å²) in [6.45, 7) is 11.0. The summed E-state index contributed by atoms with van der Waals surface area (Å²) in [5.74, 6) is 1.03. The normalized spacial score (nSPS) is 17.9. The number of hydrogen-bond acceptors (Lipinski definition) is 2. The van der Waals surface area contributed by atoms with E-state index in [1.54, 1.807) is 0 Å². The Kier molecular flexibility index (Phi) is 5.64. The van der Waals surface area contributed by atoms with Gasteiger partial charge in [-0.25, -0.2) is 0 Å². The molecule has 0 saturated heterocycles. The summed E-state index contributed by atoms with van der Waals surface area (Å²) in [7, 11) is 0. The SMILES string of the molecule is CC(C)CN(CCC(C)(C)C(=N)N)C1CCCC1. The first-order chi connectivity index (χ1) is 8.33. The molecule has 0 unspecified atom stereocenters. The molecule has 3 nitrogen and oxygen atoms in total. The molecule has 1 aliphatic carbocycles. The largest absolute Gasteiger partial charge is 0.387 e. The van der Waals surface area contributed by atoms with Gasteiger partial charge in [0.1, 0.15) is 0 Å². The molecule has 0 bridgehead atoms. The average molecular weight is 253 g/mol. The van der Waals surface area contributed by atoms with Crippen LogP contribution < -0.4 is 5.73 Å². The van der Waals surface area contributed by atoms with Crippen molar-refractivity contribution in [2.45, 2.75) is 65.8 Å². The Morgan fingerprint density at radius 3 is 2.33 bits per heavy atom. The molecule has 0 aromatic heterocycles. The lowest BCUT2D eigenvalue weighted by atomic mass is 9.87. The maximum atomic E-state index is 7.65. The molecule has 1 fully saturated rings. The van der Waals surface area contributed by atoms with Gasteiger partial charge in [-0.3, -0.25) is 5.41 Å². The van der Waals surface area contributed by atoms with Crippen LogP contribution >= 0.6 is 0 Å². The van der Waals surface area contributed by atoms with Crippen molar-refractivity contribution in [2.75, 3.05) is 13.1 Å². The van der Waals surface area contributed by atoms with Crippen LogP contribution in [0.25, 0.3) is 0 Å². The third-order valence-corrected chi connectivity index (χ3v) is 4.19. The molecular weight excluding hydrogens is 222 g/mol. The number of nitrogens with zero attached hydrogens (tertiary/aromatic N) is 1. The van der Waals surface area contributed by atoms with Crippen molar-refractivity contribution in [2.24, 2.45) is 17.1 Å². The van der Waals surface area contributed by atoms with Crippen LogP contribution in [0, 0.1) is 16.7 Å². The van der Waals surface area contributed by atoms with Crippen LogP contribution in [0.2, 0.25) is 0 Å². The molecule has 0 spiro atoms. The smallest absolute Gasteiger partial charge is 0.0963 e. The zero-order valence-corrected chi connectivity index (χ0v) is 12.6. The fraction of sp³-hybridized carbons (Fsp3) is 0.933. The number of nitrogens with one attached hydrogen (secondary N) is 1. The number of hydrogen-bond donors (Lipinski definition) is 2. The lowest BCUT2D eigenvalue weighted by Crippen LogP contribution is -2.41.